The Labute approximate surface area is 104 Å². The molecular weight excluding hydrogens is 232 g/mol. The minimum atomic E-state index is -0.301. The Morgan fingerprint density at radius 1 is 1.33 bits per heavy atom. The van der Waals surface area contributed by atoms with Gasteiger partial charge in [-0.2, -0.15) is 5.10 Å². The number of aromatic nitrogens is 2. The molecular formula is C12H14N4O2. The van der Waals surface area contributed by atoms with Gasteiger partial charge in [0.15, 0.2) is 0 Å². The van der Waals surface area contributed by atoms with Crippen molar-refractivity contribution in [2.75, 3.05) is 26.2 Å². The first kappa shape index (κ1) is 11.0. The van der Waals surface area contributed by atoms with Gasteiger partial charge in [0.25, 0.3) is 0 Å². The fourth-order valence-electron chi connectivity index (χ4n) is 2.04. The highest BCUT2D eigenvalue weighted by molar-refractivity contribution is 5.87. The van der Waals surface area contributed by atoms with Gasteiger partial charge >= 0.3 is 6.09 Å². The molecule has 0 saturated carbocycles. The maximum atomic E-state index is 12.0. The highest BCUT2D eigenvalue weighted by Gasteiger charge is 2.19. The van der Waals surface area contributed by atoms with Gasteiger partial charge in [-0.25, -0.2) is 4.79 Å². The average Bonchev–Trinajstić information content (AvgIpc) is 2.89. The number of hydrogen-bond acceptors (Lipinski definition) is 4. The number of piperazine rings is 1. The summed E-state index contributed by atoms with van der Waals surface area (Å²) in [6.45, 7) is 2.98. The Bertz CT molecular complexity index is 560. The summed E-state index contributed by atoms with van der Waals surface area (Å²) in [5.74, 6) is 0.546. The molecule has 1 aromatic heterocycles. The van der Waals surface area contributed by atoms with E-state index in [-0.39, 0.29) is 6.09 Å². The third kappa shape index (κ3) is 2.02. The summed E-state index contributed by atoms with van der Waals surface area (Å²) in [6, 6.07) is 5.50. The number of nitrogens with zero attached hydrogens (tertiary/aromatic N) is 2. The van der Waals surface area contributed by atoms with Gasteiger partial charge in [0.1, 0.15) is 5.75 Å². The highest BCUT2D eigenvalue weighted by Crippen LogP contribution is 2.23. The second-order valence-corrected chi connectivity index (χ2v) is 4.19. The molecule has 2 heterocycles. The number of carbonyl (C=O) groups excluding carboxylic acids is 1. The molecule has 0 unspecified atom stereocenters. The van der Waals surface area contributed by atoms with E-state index in [0.29, 0.717) is 18.8 Å². The fraction of sp³-hybridized carbons (Fsp3) is 0.333. The van der Waals surface area contributed by atoms with Crippen molar-refractivity contribution in [3.63, 3.8) is 0 Å². The van der Waals surface area contributed by atoms with E-state index >= 15 is 0 Å². The third-order valence-corrected chi connectivity index (χ3v) is 3.02. The van der Waals surface area contributed by atoms with E-state index in [9.17, 15) is 4.79 Å². The number of rotatable bonds is 1. The van der Waals surface area contributed by atoms with E-state index in [1.54, 1.807) is 17.2 Å². The SMILES string of the molecule is O=C(Oc1cccc2[nH]ncc12)N1CCNCC1. The standard InChI is InChI=1S/C12H14N4O2/c17-12(16-6-4-13-5-7-16)18-11-3-1-2-10-9(11)8-14-15-10/h1-3,8,13H,4-7H2,(H,14,15). The van der Waals surface area contributed by atoms with Crippen LogP contribution < -0.4 is 10.1 Å². The molecule has 0 spiro atoms. The lowest BCUT2D eigenvalue weighted by molar-refractivity contribution is 0.146. The van der Waals surface area contributed by atoms with E-state index in [4.69, 9.17) is 4.74 Å². The summed E-state index contributed by atoms with van der Waals surface area (Å²) < 4.78 is 5.42. The number of H-pyrrole nitrogens is 1. The fourth-order valence-corrected chi connectivity index (χ4v) is 2.04. The zero-order chi connectivity index (χ0) is 12.4. The van der Waals surface area contributed by atoms with E-state index in [0.717, 1.165) is 24.0 Å². The Hall–Kier alpha value is -2.08. The molecule has 1 aromatic carbocycles. The minimum absolute atomic E-state index is 0.301. The van der Waals surface area contributed by atoms with Crippen LogP contribution in [-0.2, 0) is 0 Å². The van der Waals surface area contributed by atoms with E-state index in [2.05, 4.69) is 15.5 Å². The van der Waals surface area contributed by atoms with Crippen LogP contribution in [0.25, 0.3) is 10.9 Å². The van der Waals surface area contributed by atoms with Crippen LogP contribution in [0.4, 0.5) is 4.79 Å². The van der Waals surface area contributed by atoms with Crippen LogP contribution in [0.3, 0.4) is 0 Å². The van der Waals surface area contributed by atoms with Crippen LogP contribution in [-0.4, -0.2) is 47.4 Å². The molecule has 18 heavy (non-hydrogen) atoms. The number of benzene rings is 1. The number of ether oxygens (including phenoxy) is 1. The second kappa shape index (κ2) is 4.66. The Morgan fingerprint density at radius 2 is 2.17 bits per heavy atom. The largest absolute Gasteiger partial charge is 0.415 e. The van der Waals surface area contributed by atoms with Gasteiger partial charge < -0.3 is 15.0 Å². The van der Waals surface area contributed by atoms with Crippen LogP contribution in [0.5, 0.6) is 5.75 Å². The molecule has 1 aliphatic heterocycles. The number of aromatic amines is 1. The second-order valence-electron chi connectivity index (χ2n) is 4.19. The van der Waals surface area contributed by atoms with Crippen molar-refractivity contribution in [1.82, 2.24) is 20.4 Å². The molecule has 0 radical (unpaired) electrons. The van der Waals surface area contributed by atoms with Gasteiger partial charge in [-0.15, -0.1) is 0 Å². The Balaban J connectivity index is 1.79. The lowest BCUT2D eigenvalue weighted by Gasteiger charge is -2.26. The molecule has 1 saturated heterocycles. The van der Waals surface area contributed by atoms with E-state index in [1.165, 1.54) is 0 Å². The van der Waals surface area contributed by atoms with Gasteiger partial charge in [-0.1, -0.05) is 6.07 Å². The molecule has 2 N–H and O–H groups in total. The molecule has 1 aliphatic rings. The molecule has 1 fully saturated rings. The molecule has 6 nitrogen and oxygen atoms in total. The summed E-state index contributed by atoms with van der Waals surface area (Å²) >= 11 is 0. The molecule has 2 aromatic rings. The van der Waals surface area contributed by atoms with Crippen molar-refractivity contribution >= 4 is 17.0 Å². The van der Waals surface area contributed by atoms with Gasteiger partial charge in [-0.3, -0.25) is 5.10 Å². The third-order valence-electron chi connectivity index (χ3n) is 3.02. The van der Waals surface area contributed by atoms with Crippen LogP contribution in [0.1, 0.15) is 0 Å². The average molecular weight is 246 g/mol. The van der Waals surface area contributed by atoms with Crippen LogP contribution in [0, 0.1) is 0 Å². The van der Waals surface area contributed by atoms with Crippen LogP contribution >= 0.6 is 0 Å². The first-order valence-electron chi connectivity index (χ1n) is 5.94. The summed E-state index contributed by atoms with van der Waals surface area (Å²) in [7, 11) is 0. The van der Waals surface area contributed by atoms with Gasteiger partial charge in [0, 0.05) is 26.2 Å². The number of hydrogen-bond donors (Lipinski definition) is 2. The highest BCUT2D eigenvalue weighted by atomic mass is 16.6. The Kier molecular flexibility index (Phi) is 2.85. The first-order chi connectivity index (χ1) is 8.84. The topological polar surface area (TPSA) is 70.2 Å². The number of amides is 1. The molecule has 6 heteroatoms. The van der Waals surface area contributed by atoms with E-state index < -0.39 is 0 Å². The van der Waals surface area contributed by atoms with Gasteiger partial charge in [-0.05, 0) is 12.1 Å². The zero-order valence-corrected chi connectivity index (χ0v) is 9.85. The van der Waals surface area contributed by atoms with Crippen LogP contribution in [0.2, 0.25) is 0 Å². The van der Waals surface area contributed by atoms with Gasteiger partial charge in [0.2, 0.25) is 0 Å². The summed E-state index contributed by atoms with van der Waals surface area (Å²) in [4.78, 5) is 13.7. The van der Waals surface area contributed by atoms with Crippen molar-refractivity contribution in [3.8, 4) is 5.75 Å². The molecule has 94 valence electrons. The lowest BCUT2D eigenvalue weighted by Crippen LogP contribution is -2.47. The monoisotopic (exact) mass is 246 g/mol. The maximum absolute atomic E-state index is 12.0. The van der Waals surface area contributed by atoms with Crippen molar-refractivity contribution in [3.05, 3.63) is 24.4 Å². The molecule has 1 amide bonds. The lowest BCUT2D eigenvalue weighted by atomic mass is 10.2. The molecule has 3 rings (SSSR count). The summed E-state index contributed by atoms with van der Waals surface area (Å²) in [6.07, 6.45) is 1.36. The van der Waals surface area contributed by atoms with Gasteiger partial charge in [0.05, 0.1) is 17.1 Å². The van der Waals surface area contributed by atoms with E-state index in [1.807, 2.05) is 12.1 Å². The number of carbonyl (C=O) groups is 1. The van der Waals surface area contributed by atoms with Crippen molar-refractivity contribution in [1.29, 1.82) is 0 Å². The first-order valence-corrected chi connectivity index (χ1v) is 5.94. The molecule has 0 aliphatic carbocycles. The smallest absolute Gasteiger partial charge is 0.409 e. The number of fused-ring (bicyclic) bond motifs is 1. The number of nitrogens with one attached hydrogen (secondary N) is 2. The van der Waals surface area contributed by atoms with Crippen LogP contribution in [0.15, 0.2) is 24.4 Å². The molecule has 0 bridgehead atoms. The quantitative estimate of drug-likeness (QED) is 0.786. The minimum Gasteiger partial charge on any atom is -0.409 e. The zero-order valence-electron chi connectivity index (χ0n) is 9.85. The van der Waals surface area contributed by atoms with Crippen molar-refractivity contribution < 1.29 is 9.53 Å². The summed E-state index contributed by atoms with van der Waals surface area (Å²) in [5.41, 5.74) is 0.862. The van der Waals surface area contributed by atoms with Crippen molar-refractivity contribution in [2.45, 2.75) is 0 Å². The normalized spacial score (nSPS) is 15.9. The predicted molar refractivity (Wildman–Crippen MR) is 66.6 cm³/mol. The predicted octanol–water partition coefficient (Wildman–Crippen LogP) is 0.967. The summed E-state index contributed by atoms with van der Waals surface area (Å²) in [5, 5.41) is 10.8. The maximum Gasteiger partial charge on any atom is 0.415 e. The molecule has 0 atom stereocenters. The Morgan fingerprint density at radius 3 is 3.00 bits per heavy atom. The van der Waals surface area contributed by atoms with Crippen molar-refractivity contribution in [2.24, 2.45) is 0 Å².